The van der Waals surface area contributed by atoms with Gasteiger partial charge in [-0.25, -0.2) is 0 Å². The molecule has 1 saturated heterocycles. The molecule has 1 aliphatic rings. The van der Waals surface area contributed by atoms with Crippen molar-refractivity contribution < 1.29 is 9.59 Å². The molecule has 4 nitrogen and oxygen atoms in total. The quantitative estimate of drug-likeness (QED) is 0.891. The van der Waals surface area contributed by atoms with E-state index in [1.165, 1.54) is 0 Å². The van der Waals surface area contributed by atoms with Crippen molar-refractivity contribution in [2.75, 3.05) is 6.54 Å². The molecule has 2 heterocycles. The second-order valence-corrected chi connectivity index (χ2v) is 6.81. The number of benzene rings is 1. The Bertz CT molecular complexity index is 675. The van der Waals surface area contributed by atoms with E-state index < -0.39 is 0 Å². The summed E-state index contributed by atoms with van der Waals surface area (Å²) in [6, 6.07) is 9.30. The van der Waals surface area contributed by atoms with Crippen molar-refractivity contribution in [3.63, 3.8) is 0 Å². The number of carbonyl (C=O) groups excluding carboxylic acids is 2. The number of amides is 2. The van der Waals surface area contributed by atoms with E-state index in [0.29, 0.717) is 24.4 Å². The molecule has 2 amide bonds. The molecule has 0 radical (unpaired) electrons. The SMILES string of the molecule is O=C1CCC(C(=O)NC(c2ccc(Cl)cc2)c2ccsc2)CN1. The number of hydrogen-bond acceptors (Lipinski definition) is 3. The summed E-state index contributed by atoms with van der Waals surface area (Å²) in [6.45, 7) is 0.404. The van der Waals surface area contributed by atoms with Crippen molar-refractivity contribution in [1.82, 2.24) is 10.6 Å². The van der Waals surface area contributed by atoms with E-state index in [-0.39, 0.29) is 23.8 Å². The highest BCUT2D eigenvalue weighted by atomic mass is 35.5. The molecule has 2 aromatic rings. The monoisotopic (exact) mass is 348 g/mol. The smallest absolute Gasteiger partial charge is 0.225 e. The van der Waals surface area contributed by atoms with Crippen LogP contribution in [0.5, 0.6) is 0 Å². The van der Waals surface area contributed by atoms with Crippen LogP contribution in [0.15, 0.2) is 41.1 Å². The van der Waals surface area contributed by atoms with Gasteiger partial charge in [-0.3, -0.25) is 9.59 Å². The van der Waals surface area contributed by atoms with E-state index in [2.05, 4.69) is 10.6 Å². The largest absolute Gasteiger partial charge is 0.355 e. The molecule has 3 rings (SSSR count). The highest BCUT2D eigenvalue weighted by molar-refractivity contribution is 7.08. The van der Waals surface area contributed by atoms with Crippen LogP contribution in [0, 0.1) is 5.92 Å². The number of nitrogens with one attached hydrogen (secondary N) is 2. The van der Waals surface area contributed by atoms with Crippen molar-refractivity contribution in [2.24, 2.45) is 5.92 Å². The van der Waals surface area contributed by atoms with Crippen LogP contribution < -0.4 is 10.6 Å². The third-order valence-corrected chi connectivity index (χ3v) is 4.96. The van der Waals surface area contributed by atoms with Crippen LogP contribution in [0.1, 0.15) is 30.0 Å². The van der Waals surface area contributed by atoms with Gasteiger partial charge in [0.05, 0.1) is 12.0 Å². The van der Waals surface area contributed by atoms with Gasteiger partial charge in [0.25, 0.3) is 0 Å². The minimum atomic E-state index is -0.205. The summed E-state index contributed by atoms with van der Waals surface area (Å²) in [5.74, 6) is -0.196. The van der Waals surface area contributed by atoms with E-state index in [4.69, 9.17) is 11.6 Å². The Balaban J connectivity index is 1.78. The predicted octanol–water partition coefficient (Wildman–Crippen LogP) is 3.13. The standard InChI is InChI=1S/C17H17ClN2O2S/c18-14-4-1-11(2-5-14)16(13-7-8-23-10-13)20-17(22)12-3-6-15(21)19-9-12/h1-2,4-5,7-8,10,12,16H,3,6,9H2,(H,19,21)(H,20,22). The summed E-state index contributed by atoms with van der Waals surface area (Å²) in [4.78, 5) is 23.8. The minimum absolute atomic E-state index is 0.0149. The summed E-state index contributed by atoms with van der Waals surface area (Å²) in [5.41, 5.74) is 2.03. The highest BCUT2D eigenvalue weighted by Gasteiger charge is 2.27. The van der Waals surface area contributed by atoms with Crippen molar-refractivity contribution in [3.8, 4) is 0 Å². The molecule has 1 aromatic heterocycles. The fraction of sp³-hybridized carbons (Fsp3) is 0.294. The number of hydrogen-bond donors (Lipinski definition) is 2. The molecule has 2 atom stereocenters. The first-order valence-electron chi connectivity index (χ1n) is 7.48. The molecular weight excluding hydrogens is 332 g/mol. The maximum absolute atomic E-state index is 12.6. The van der Waals surface area contributed by atoms with E-state index in [0.717, 1.165) is 11.1 Å². The number of thiophene rings is 1. The Kier molecular flexibility index (Phi) is 4.98. The first-order valence-corrected chi connectivity index (χ1v) is 8.80. The van der Waals surface area contributed by atoms with E-state index in [1.807, 2.05) is 41.1 Å². The topological polar surface area (TPSA) is 58.2 Å². The van der Waals surface area contributed by atoms with Crippen molar-refractivity contribution in [3.05, 3.63) is 57.2 Å². The summed E-state index contributed by atoms with van der Waals surface area (Å²) in [5, 5.41) is 10.6. The fourth-order valence-electron chi connectivity index (χ4n) is 2.67. The molecule has 1 aromatic carbocycles. The normalized spacial score (nSPS) is 19.0. The van der Waals surface area contributed by atoms with Gasteiger partial charge in [0.1, 0.15) is 0 Å². The van der Waals surface area contributed by atoms with Crippen LogP contribution in [0.2, 0.25) is 5.02 Å². The zero-order valence-corrected chi connectivity index (χ0v) is 14.0. The van der Waals surface area contributed by atoms with Crippen molar-refractivity contribution in [1.29, 1.82) is 0 Å². The third kappa shape index (κ3) is 3.92. The Hall–Kier alpha value is -1.85. The van der Waals surface area contributed by atoms with Gasteiger partial charge in [-0.15, -0.1) is 0 Å². The Morgan fingerprint density at radius 1 is 1.26 bits per heavy atom. The number of halogens is 1. The molecule has 2 unspecified atom stereocenters. The predicted molar refractivity (Wildman–Crippen MR) is 91.5 cm³/mol. The molecule has 23 heavy (non-hydrogen) atoms. The van der Waals surface area contributed by atoms with Gasteiger partial charge in [-0.05, 0) is 46.5 Å². The third-order valence-electron chi connectivity index (χ3n) is 4.00. The second-order valence-electron chi connectivity index (χ2n) is 5.59. The molecule has 0 bridgehead atoms. The maximum atomic E-state index is 12.6. The molecule has 1 fully saturated rings. The van der Waals surface area contributed by atoms with Crippen LogP contribution in [0.4, 0.5) is 0 Å². The Labute approximate surface area is 143 Å². The average Bonchev–Trinajstić information content (AvgIpc) is 3.08. The van der Waals surface area contributed by atoms with Crippen molar-refractivity contribution in [2.45, 2.75) is 18.9 Å². The number of piperidine rings is 1. The van der Waals surface area contributed by atoms with E-state index in [1.54, 1.807) is 11.3 Å². The zero-order chi connectivity index (χ0) is 16.2. The van der Waals surface area contributed by atoms with Gasteiger partial charge in [0.15, 0.2) is 0 Å². The van der Waals surface area contributed by atoms with Gasteiger partial charge in [0.2, 0.25) is 11.8 Å². The second kappa shape index (κ2) is 7.15. The first kappa shape index (κ1) is 16.0. The van der Waals surface area contributed by atoms with Gasteiger partial charge < -0.3 is 10.6 Å². The van der Waals surface area contributed by atoms with Crippen LogP contribution in [-0.4, -0.2) is 18.4 Å². The lowest BCUT2D eigenvalue weighted by Crippen LogP contribution is -2.44. The van der Waals surface area contributed by atoms with Crippen LogP contribution >= 0.6 is 22.9 Å². The van der Waals surface area contributed by atoms with E-state index in [9.17, 15) is 9.59 Å². The molecule has 0 aliphatic carbocycles. The van der Waals surface area contributed by atoms with Gasteiger partial charge in [-0.2, -0.15) is 11.3 Å². The van der Waals surface area contributed by atoms with Gasteiger partial charge in [-0.1, -0.05) is 23.7 Å². The lowest BCUT2D eigenvalue weighted by Gasteiger charge is -2.25. The van der Waals surface area contributed by atoms with E-state index >= 15 is 0 Å². The molecular formula is C17H17ClN2O2S. The zero-order valence-electron chi connectivity index (χ0n) is 12.4. The average molecular weight is 349 g/mol. The number of carbonyl (C=O) groups is 2. The summed E-state index contributed by atoms with van der Waals surface area (Å²) >= 11 is 7.55. The fourth-order valence-corrected chi connectivity index (χ4v) is 3.48. The lowest BCUT2D eigenvalue weighted by molar-refractivity contribution is -0.129. The molecule has 0 spiro atoms. The molecule has 1 aliphatic heterocycles. The van der Waals surface area contributed by atoms with Gasteiger partial charge >= 0.3 is 0 Å². The number of rotatable bonds is 4. The van der Waals surface area contributed by atoms with Crippen molar-refractivity contribution >= 4 is 34.8 Å². The Morgan fingerprint density at radius 2 is 2.04 bits per heavy atom. The minimum Gasteiger partial charge on any atom is -0.355 e. The lowest BCUT2D eigenvalue weighted by atomic mass is 9.96. The first-order chi connectivity index (χ1) is 11.1. The molecule has 2 N–H and O–H groups in total. The van der Waals surface area contributed by atoms with Gasteiger partial charge in [0, 0.05) is 18.0 Å². The maximum Gasteiger partial charge on any atom is 0.225 e. The molecule has 6 heteroatoms. The van der Waals surface area contributed by atoms with Crippen LogP contribution in [-0.2, 0) is 9.59 Å². The summed E-state index contributed by atoms with van der Waals surface area (Å²) in [7, 11) is 0. The Morgan fingerprint density at radius 3 is 2.65 bits per heavy atom. The summed E-state index contributed by atoms with van der Waals surface area (Å²) in [6.07, 6.45) is 0.997. The molecule has 120 valence electrons. The van der Waals surface area contributed by atoms with Crippen LogP contribution in [0.25, 0.3) is 0 Å². The molecule has 0 saturated carbocycles. The summed E-state index contributed by atoms with van der Waals surface area (Å²) < 4.78 is 0. The van der Waals surface area contributed by atoms with Crippen LogP contribution in [0.3, 0.4) is 0 Å². The highest BCUT2D eigenvalue weighted by Crippen LogP contribution is 2.26.